The molecule has 2 N–H and O–H groups in total. The Hall–Kier alpha value is -1.53. The van der Waals surface area contributed by atoms with E-state index in [0.29, 0.717) is 13.2 Å². The molecule has 0 amide bonds. The second kappa shape index (κ2) is 7.03. The van der Waals surface area contributed by atoms with Gasteiger partial charge in [0.15, 0.2) is 0 Å². The van der Waals surface area contributed by atoms with Gasteiger partial charge >= 0.3 is 0 Å². The third kappa shape index (κ3) is 5.20. The Morgan fingerprint density at radius 2 is 2.11 bits per heavy atom. The smallest absolute Gasteiger partial charge is 0.119 e. The highest BCUT2D eigenvalue weighted by Crippen LogP contribution is 2.21. The van der Waals surface area contributed by atoms with Gasteiger partial charge in [0.25, 0.3) is 0 Å². The van der Waals surface area contributed by atoms with E-state index < -0.39 is 0 Å². The summed E-state index contributed by atoms with van der Waals surface area (Å²) >= 11 is 0. The van der Waals surface area contributed by atoms with E-state index in [2.05, 4.69) is 6.07 Å². The molecule has 0 heterocycles. The SMILES string of the molecule is CC(C)(C#N)CCCCOc1cccc(CN)c1. The lowest BCUT2D eigenvalue weighted by atomic mass is 9.89. The van der Waals surface area contributed by atoms with Gasteiger partial charge in [-0.25, -0.2) is 0 Å². The molecule has 0 saturated carbocycles. The highest BCUT2D eigenvalue weighted by atomic mass is 16.5. The minimum absolute atomic E-state index is 0.223. The van der Waals surface area contributed by atoms with E-state index in [-0.39, 0.29) is 5.41 Å². The fourth-order valence-corrected chi connectivity index (χ4v) is 1.68. The molecule has 0 aliphatic rings. The number of ether oxygens (including phenoxy) is 1. The first-order valence-corrected chi connectivity index (χ1v) is 6.40. The summed E-state index contributed by atoms with van der Waals surface area (Å²) in [5.74, 6) is 0.873. The van der Waals surface area contributed by atoms with E-state index in [0.717, 1.165) is 30.6 Å². The van der Waals surface area contributed by atoms with E-state index in [1.54, 1.807) is 0 Å². The second-order valence-corrected chi connectivity index (χ2v) is 5.15. The Kier molecular flexibility index (Phi) is 5.67. The minimum atomic E-state index is -0.223. The van der Waals surface area contributed by atoms with Gasteiger partial charge in [-0.15, -0.1) is 0 Å². The predicted molar refractivity (Wildman–Crippen MR) is 73.1 cm³/mol. The van der Waals surface area contributed by atoms with Crippen molar-refractivity contribution in [3.8, 4) is 11.8 Å². The quantitative estimate of drug-likeness (QED) is 0.751. The summed E-state index contributed by atoms with van der Waals surface area (Å²) in [6, 6.07) is 10.2. The first kappa shape index (κ1) is 14.5. The van der Waals surface area contributed by atoms with Crippen molar-refractivity contribution < 1.29 is 4.74 Å². The highest BCUT2D eigenvalue weighted by molar-refractivity contribution is 5.28. The zero-order valence-corrected chi connectivity index (χ0v) is 11.3. The molecule has 0 atom stereocenters. The molecule has 1 rings (SSSR count). The molecule has 18 heavy (non-hydrogen) atoms. The molecule has 0 unspecified atom stereocenters. The number of unbranched alkanes of at least 4 members (excludes halogenated alkanes) is 1. The van der Waals surface area contributed by atoms with Crippen LogP contribution in [0.3, 0.4) is 0 Å². The molecule has 98 valence electrons. The van der Waals surface area contributed by atoms with Crippen molar-refractivity contribution in [1.29, 1.82) is 5.26 Å². The third-order valence-electron chi connectivity index (χ3n) is 2.90. The van der Waals surface area contributed by atoms with Crippen molar-refractivity contribution in [2.45, 2.75) is 39.7 Å². The fourth-order valence-electron chi connectivity index (χ4n) is 1.68. The number of nitriles is 1. The summed E-state index contributed by atoms with van der Waals surface area (Å²) in [6.07, 6.45) is 2.89. The van der Waals surface area contributed by atoms with Gasteiger partial charge in [-0.05, 0) is 50.8 Å². The van der Waals surface area contributed by atoms with Crippen LogP contribution in [0.1, 0.15) is 38.7 Å². The van der Waals surface area contributed by atoms with Gasteiger partial charge in [0.2, 0.25) is 0 Å². The van der Waals surface area contributed by atoms with Crippen molar-refractivity contribution in [3.05, 3.63) is 29.8 Å². The number of benzene rings is 1. The largest absolute Gasteiger partial charge is 0.494 e. The minimum Gasteiger partial charge on any atom is -0.494 e. The van der Waals surface area contributed by atoms with Crippen molar-refractivity contribution in [3.63, 3.8) is 0 Å². The predicted octanol–water partition coefficient (Wildman–Crippen LogP) is 3.24. The third-order valence-corrected chi connectivity index (χ3v) is 2.90. The number of hydrogen-bond donors (Lipinski definition) is 1. The van der Waals surface area contributed by atoms with Gasteiger partial charge in [-0.2, -0.15) is 5.26 Å². The fraction of sp³-hybridized carbons (Fsp3) is 0.533. The maximum atomic E-state index is 8.89. The molecule has 0 bridgehead atoms. The molecule has 0 spiro atoms. The average molecular weight is 246 g/mol. The first-order chi connectivity index (χ1) is 8.57. The second-order valence-electron chi connectivity index (χ2n) is 5.15. The van der Waals surface area contributed by atoms with Crippen LogP contribution in [0, 0.1) is 16.7 Å². The van der Waals surface area contributed by atoms with Crippen LogP contribution in [0.15, 0.2) is 24.3 Å². The van der Waals surface area contributed by atoms with Crippen LogP contribution < -0.4 is 10.5 Å². The number of nitrogens with zero attached hydrogens (tertiary/aromatic N) is 1. The van der Waals surface area contributed by atoms with Crippen molar-refractivity contribution >= 4 is 0 Å². The van der Waals surface area contributed by atoms with E-state index in [1.165, 1.54) is 0 Å². The lowest BCUT2D eigenvalue weighted by molar-refractivity contribution is 0.294. The summed E-state index contributed by atoms with van der Waals surface area (Å²) in [5, 5.41) is 8.89. The molecular weight excluding hydrogens is 224 g/mol. The Morgan fingerprint density at radius 1 is 1.33 bits per heavy atom. The Labute approximate surface area is 110 Å². The van der Waals surface area contributed by atoms with E-state index in [1.807, 2.05) is 38.1 Å². The molecular formula is C15H22N2O. The van der Waals surface area contributed by atoms with Crippen LogP contribution in [-0.4, -0.2) is 6.61 Å². The summed E-state index contributed by atoms with van der Waals surface area (Å²) in [5.41, 5.74) is 6.43. The standard InChI is InChI=1S/C15H22N2O/c1-15(2,12-17)8-3-4-9-18-14-7-5-6-13(10-14)11-16/h5-7,10H,3-4,8-9,11,16H2,1-2H3. The topological polar surface area (TPSA) is 59.0 Å². The van der Waals surface area contributed by atoms with Crippen LogP contribution in [0.4, 0.5) is 0 Å². The van der Waals surface area contributed by atoms with Crippen LogP contribution in [0.5, 0.6) is 5.75 Å². The maximum absolute atomic E-state index is 8.89. The lowest BCUT2D eigenvalue weighted by Gasteiger charge is -2.14. The van der Waals surface area contributed by atoms with Gasteiger partial charge in [0.1, 0.15) is 5.75 Å². The van der Waals surface area contributed by atoms with Gasteiger partial charge < -0.3 is 10.5 Å². The summed E-state index contributed by atoms with van der Waals surface area (Å²) in [4.78, 5) is 0. The molecule has 0 aliphatic carbocycles. The van der Waals surface area contributed by atoms with Crippen molar-refractivity contribution in [1.82, 2.24) is 0 Å². The molecule has 0 aliphatic heterocycles. The summed E-state index contributed by atoms with van der Waals surface area (Å²) in [6.45, 7) is 5.17. The van der Waals surface area contributed by atoms with E-state index in [9.17, 15) is 0 Å². The van der Waals surface area contributed by atoms with E-state index >= 15 is 0 Å². The maximum Gasteiger partial charge on any atom is 0.119 e. The molecule has 1 aromatic rings. The molecule has 0 aromatic heterocycles. The van der Waals surface area contributed by atoms with Gasteiger partial charge in [0, 0.05) is 6.54 Å². The Morgan fingerprint density at radius 3 is 2.78 bits per heavy atom. The molecule has 0 radical (unpaired) electrons. The highest BCUT2D eigenvalue weighted by Gasteiger charge is 2.15. The van der Waals surface area contributed by atoms with Gasteiger partial charge in [-0.1, -0.05) is 12.1 Å². The lowest BCUT2D eigenvalue weighted by Crippen LogP contribution is -2.08. The normalized spacial score (nSPS) is 11.0. The van der Waals surface area contributed by atoms with Crippen LogP contribution >= 0.6 is 0 Å². The Bertz CT molecular complexity index is 407. The van der Waals surface area contributed by atoms with E-state index in [4.69, 9.17) is 15.7 Å². The number of nitrogens with two attached hydrogens (primary N) is 1. The number of hydrogen-bond acceptors (Lipinski definition) is 3. The molecule has 3 heteroatoms. The molecule has 3 nitrogen and oxygen atoms in total. The van der Waals surface area contributed by atoms with Crippen molar-refractivity contribution in [2.75, 3.05) is 6.61 Å². The molecule has 0 fully saturated rings. The van der Waals surface area contributed by atoms with Crippen LogP contribution in [0.2, 0.25) is 0 Å². The zero-order valence-electron chi connectivity index (χ0n) is 11.3. The number of rotatable bonds is 7. The van der Waals surface area contributed by atoms with Crippen LogP contribution in [-0.2, 0) is 6.54 Å². The van der Waals surface area contributed by atoms with Crippen molar-refractivity contribution in [2.24, 2.45) is 11.1 Å². The van der Waals surface area contributed by atoms with Gasteiger partial charge in [0.05, 0.1) is 18.1 Å². The first-order valence-electron chi connectivity index (χ1n) is 6.40. The summed E-state index contributed by atoms with van der Waals surface area (Å²) < 4.78 is 5.66. The zero-order chi connectivity index (χ0) is 13.4. The average Bonchev–Trinajstić information content (AvgIpc) is 2.38. The van der Waals surface area contributed by atoms with Gasteiger partial charge in [-0.3, -0.25) is 0 Å². The molecule has 1 aromatic carbocycles. The molecule has 0 saturated heterocycles. The summed E-state index contributed by atoms with van der Waals surface area (Å²) in [7, 11) is 0. The monoisotopic (exact) mass is 246 g/mol. The Balaban J connectivity index is 2.24. The van der Waals surface area contributed by atoms with Crippen LogP contribution in [0.25, 0.3) is 0 Å².